The summed E-state index contributed by atoms with van der Waals surface area (Å²) in [7, 11) is 1.38. The average molecular weight is 489 g/mol. The van der Waals surface area contributed by atoms with Gasteiger partial charge in [-0.2, -0.15) is 5.26 Å². The van der Waals surface area contributed by atoms with E-state index >= 15 is 0 Å². The number of rotatable bonds is 4. The van der Waals surface area contributed by atoms with Crippen molar-refractivity contribution in [3.05, 3.63) is 35.1 Å². The predicted octanol–water partition coefficient (Wildman–Crippen LogP) is 2.60. The molecule has 1 aliphatic heterocycles. The molecule has 0 spiro atoms. The highest BCUT2D eigenvalue weighted by Gasteiger charge is 2.23. The van der Waals surface area contributed by atoms with Crippen molar-refractivity contribution in [3.8, 4) is 6.07 Å². The fraction of sp³-hybridized carbons (Fsp3) is 0.500. The molecule has 2 rings (SSSR count). The van der Waals surface area contributed by atoms with E-state index in [-0.39, 0.29) is 48.2 Å². The second-order valence-corrected chi connectivity index (χ2v) is 5.99. The molecule has 0 radical (unpaired) electrons. The minimum atomic E-state index is -0.435. The molecule has 0 bridgehead atoms. The predicted molar refractivity (Wildman–Crippen MR) is 111 cm³/mol. The number of carbonyl (C=O) groups is 1. The molecule has 1 amide bonds. The Kier molecular flexibility index (Phi) is 9.85. The highest BCUT2D eigenvalue weighted by Crippen LogP contribution is 2.13. The Labute approximate surface area is 176 Å². The molecule has 27 heavy (non-hydrogen) atoms. The summed E-state index contributed by atoms with van der Waals surface area (Å²) in [5.74, 6) is 0.169. The van der Waals surface area contributed by atoms with Crippen molar-refractivity contribution in [2.45, 2.75) is 32.4 Å². The third-order valence-corrected chi connectivity index (χ3v) is 4.20. The van der Waals surface area contributed by atoms with Crippen LogP contribution in [0.2, 0.25) is 0 Å². The van der Waals surface area contributed by atoms with Gasteiger partial charge in [0.1, 0.15) is 5.82 Å². The van der Waals surface area contributed by atoms with Crippen LogP contribution in [-0.2, 0) is 11.3 Å². The third kappa shape index (κ3) is 6.86. The molecular formula is C18H25FIN5O2. The number of benzene rings is 1. The van der Waals surface area contributed by atoms with E-state index in [1.807, 2.05) is 13.0 Å². The van der Waals surface area contributed by atoms with E-state index in [1.165, 1.54) is 13.2 Å². The summed E-state index contributed by atoms with van der Waals surface area (Å²) >= 11 is 0. The number of hydrogen-bond acceptors (Lipinski definition) is 4. The Morgan fingerprint density at radius 1 is 1.44 bits per heavy atom. The first-order valence-corrected chi connectivity index (χ1v) is 8.63. The summed E-state index contributed by atoms with van der Waals surface area (Å²) in [6.07, 6.45) is 1.26. The van der Waals surface area contributed by atoms with E-state index in [0.717, 1.165) is 12.8 Å². The quantitative estimate of drug-likeness (QED) is 0.386. The summed E-state index contributed by atoms with van der Waals surface area (Å²) in [5.41, 5.74) is 0.722. The molecule has 0 aliphatic carbocycles. The van der Waals surface area contributed by atoms with Gasteiger partial charge in [-0.3, -0.25) is 0 Å². The van der Waals surface area contributed by atoms with E-state index in [0.29, 0.717) is 31.2 Å². The van der Waals surface area contributed by atoms with Crippen molar-refractivity contribution in [2.24, 2.45) is 4.99 Å². The van der Waals surface area contributed by atoms with Crippen LogP contribution in [0.3, 0.4) is 0 Å². The normalized spacial score (nSPS) is 14.7. The number of guanidine groups is 1. The largest absolute Gasteiger partial charge is 0.453 e. The summed E-state index contributed by atoms with van der Waals surface area (Å²) in [6.45, 7) is 4.05. The Hall–Kier alpha value is -2.09. The number of carbonyl (C=O) groups excluding carboxylic acids is 1. The molecule has 7 nitrogen and oxygen atoms in total. The monoisotopic (exact) mass is 489 g/mol. The molecule has 148 valence electrons. The fourth-order valence-electron chi connectivity index (χ4n) is 2.76. The van der Waals surface area contributed by atoms with Gasteiger partial charge < -0.3 is 20.3 Å². The Balaban J connectivity index is 0.00000364. The molecule has 0 unspecified atom stereocenters. The van der Waals surface area contributed by atoms with Gasteiger partial charge in [-0.15, -0.1) is 24.0 Å². The number of nitrogens with zero attached hydrogens (tertiary/aromatic N) is 3. The minimum Gasteiger partial charge on any atom is -0.453 e. The number of amides is 1. The maximum Gasteiger partial charge on any atom is 0.409 e. The molecular weight excluding hydrogens is 464 g/mol. The van der Waals surface area contributed by atoms with Crippen LogP contribution in [0.5, 0.6) is 0 Å². The SMILES string of the molecule is CCNC(=NCc1ccc(C#N)cc1F)NC1CCN(C(=O)OC)CC1.I. The maximum atomic E-state index is 14.0. The summed E-state index contributed by atoms with van der Waals surface area (Å²) < 4.78 is 18.7. The van der Waals surface area contributed by atoms with E-state index in [9.17, 15) is 9.18 Å². The van der Waals surface area contributed by atoms with Gasteiger partial charge in [-0.05, 0) is 31.9 Å². The van der Waals surface area contributed by atoms with Crippen molar-refractivity contribution < 1.29 is 13.9 Å². The lowest BCUT2D eigenvalue weighted by Crippen LogP contribution is -2.49. The number of likely N-dealkylation sites (tertiary alicyclic amines) is 1. The average Bonchev–Trinajstić information content (AvgIpc) is 2.66. The molecule has 1 heterocycles. The first kappa shape index (κ1) is 23.0. The number of hydrogen-bond donors (Lipinski definition) is 2. The lowest BCUT2D eigenvalue weighted by atomic mass is 10.1. The Morgan fingerprint density at radius 2 is 2.15 bits per heavy atom. The number of halogens is 2. The number of aliphatic imine (C=N–C) groups is 1. The van der Waals surface area contributed by atoms with Crippen molar-refractivity contribution in [1.82, 2.24) is 15.5 Å². The molecule has 0 atom stereocenters. The third-order valence-electron chi connectivity index (χ3n) is 4.20. The lowest BCUT2D eigenvalue weighted by Gasteiger charge is -2.32. The van der Waals surface area contributed by atoms with Gasteiger partial charge in [-0.1, -0.05) is 6.07 Å². The zero-order chi connectivity index (χ0) is 18.9. The zero-order valence-corrected chi connectivity index (χ0v) is 17.8. The Bertz CT molecular complexity index is 699. The van der Waals surface area contributed by atoms with Gasteiger partial charge in [0.15, 0.2) is 5.96 Å². The molecule has 1 aromatic carbocycles. The molecule has 1 aromatic rings. The summed E-state index contributed by atoms with van der Waals surface area (Å²) in [6, 6.07) is 6.47. The summed E-state index contributed by atoms with van der Waals surface area (Å²) in [4.78, 5) is 17.6. The van der Waals surface area contributed by atoms with Crippen LogP contribution in [0.15, 0.2) is 23.2 Å². The molecule has 0 aromatic heterocycles. The summed E-state index contributed by atoms with van der Waals surface area (Å²) in [5, 5.41) is 15.3. The number of nitrogens with one attached hydrogen (secondary N) is 2. The molecule has 1 aliphatic rings. The van der Waals surface area contributed by atoms with E-state index in [4.69, 9.17) is 10.00 Å². The number of piperidine rings is 1. The van der Waals surface area contributed by atoms with E-state index in [2.05, 4.69) is 15.6 Å². The smallest absolute Gasteiger partial charge is 0.409 e. The van der Waals surface area contributed by atoms with Crippen LogP contribution in [0.4, 0.5) is 9.18 Å². The first-order valence-electron chi connectivity index (χ1n) is 8.63. The second-order valence-electron chi connectivity index (χ2n) is 5.99. The minimum absolute atomic E-state index is 0. The number of nitriles is 1. The van der Waals surface area contributed by atoms with Crippen molar-refractivity contribution >= 4 is 36.0 Å². The van der Waals surface area contributed by atoms with Crippen LogP contribution in [0.1, 0.15) is 30.9 Å². The van der Waals surface area contributed by atoms with Gasteiger partial charge in [0.05, 0.1) is 25.3 Å². The van der Waals surface area contributed by atoms with Crippen LogP contribution >= 0.6 is 24.0 Å². The highest BCUT2D eigenvalue weighted by atomic mass is 127. The van der Waals surface area contributed by atoms with Crippen molar-refractivity contribution in [2.75, 3.05) is 26.7 Å². The van der Waals surface area contributed by atoms with Crippen LogP contribution < -0.4 is 10.6 Å². The van der Waals surface area contributed by atoms with E-state index in [1.54, 1.807) is 17.0 Å². The van der Waals surface area contributed by atoms with Gasteiger partial charge in [0.25, 0.3) is 0 Å². The first-order chi connectivity index (χ1) is 12.6. The number of ether oxygens (including phenoxy) is 1. The molecule has 9 heteroatoms. The maximum absolute atomic E-state index is 14.0. The van der Waals surface area contributed by atoms with Gasteiger partial charge in [-0.25, -0.2) is 14.2 Å². The van der Waals surface area contributed by atoms with Crippen LogP contribution in [-0.4, -0.2) is 49.7 Å². The molecule has 0 saturated carbocycles. The second kappa shape index (κ2) is 11.6. The number of methoxy groups -OCH3 is 1. The van der Waals surface area contributed by atoms with Gasteiger partial charge in [0.2, 0.25) is 0 Å². The van der Waals surface area contributed by atoms with Gasteiger partial charge >= 0.3 is 6.09 Å². The van der Waals surface area contributed by atoms with Gasteiger partial charge in [0, 0.05) is 31.2 Å². The van der Waals surface area contributed by atoms with E-state index < -0.39 is 5.82 Å². The Morgan fingerprint density at radius 3 is 2.70 bits per heavy atom. The standard InChI is InChI=1S/C18H24FN5O2.HI/c1-3-21-17(22-12-14-5-4-13(11-20)10-16(14)19)23-15-6-8-24(9-7-15)18(25)26-2;/h4-5,10,15H,3,6-9,12H2,1-2H3,(H2,21,22,23);1H. The van der Waals surface area contributed by atoms with Crippen molar-refractivity contribution in [1.29, 1.82) is 5.26 Å². The molecule has 1 saturated heterocycles. The topological polar surface area (TPSA) is 89.8 Å². The zero-order valence-electron chi connectivity index (χ0n) is 15.5. The molecule has 2 N–H and O–H groups in total. The highest BCUT2D eigenvalue weighted by molar-refractivity contribution is 14.0. The van der Waals surface area contributed by atoms with Crippen molar-refractivity contribution in [3.63, 3.8) is 0 Å². The lowest BCUT2D eigenvalue weighted by molar-refractivity contribution is 0.111. The van der Waals surface area contributed by atoms with Crippen LogP contribution in [0.25, 0.3) is 0 Å². The fourth-order valence-corrected chi connectivity index (χ4v) is 2.76. The molecule has 1 fully saturated rings. The van der Waals surface area contributed by atoms with Crippen LogP contribution in [0, 0.1) is 17.1 Å².